The fourth-order valence-electron chi connectivity index (χ4n) is 1.28. The summed E-state index contributed by atoms with van der Waals surface area (Å²) < 4.78 is 0. The van der Waals surface area contributed by atoms with E-state index in [0.29, 0.717) is 5.92 Å². The van der Waals surface area contributed by atoms with Crippen molar-refractivity contribution in [2.45, 2.75) is 12.8 Å². The monoisotopic (exact) mass is 144 g/mol. The Morgan fingerprint density at radius 2 is 2.10 bits per heavy atom. The predicted molar refractivity (Wildman–Crippen MR) is 37.5 cm³/mol. The van der Waals surface area contributed by atoms with Crippen LogP contribution in [0.15, 0.2) is 0 Å². The van der Waals surface area contributed by atoms with E-state index in [-0.39, 0.29) is 11.5 Å². The molecule has 58 valence electrons. The van der Waals surface area contributed by atoms with Crippen LogP contribution in [0.4, 0.5) is 0 Å². The first-order valence-electron chi connectivity index (χ1n) is 3.61. The van der Waals surface area contributed by atoms with Crippen molar-refractivity contribution < 1.29 is 4.92 Å². The molecule has 0 spiro atoms. The fourth-order valence-corrected chi connectivity index (χ4v) is 1.28. The second-order valence-corrected chi connectivity index (χ2v) is 2.71. The summed E-state index contributed by atoms with van der Waals surface area (Å²) in [5, 5.41) is 13.2. The van der Waals surface area contributed by atoms with Crippen molar-refractivity contribution >= 4 is 0 Å². The molecule has 0 aromatic heterocycles. The molecule has 1 rings (SSSR count). The van der Waals surface area contributed by atoms with E-state index < -0.39 is 0 Å². The molecule has 0 radical (unpaired) electrons. The van der Waals surface area contributed by atoms with E-state index in [1.165, 1.54) is 0 Å². The number of nitrogens with zero attached hydrogens (tertiary/aromatic N) is 1. The molecule has 0 aliphatic carbocycles. The number of nitrogens with one attached hydrogen (secondary N) is 1. The minimum atomic E-state index is -0.212. The van der Waals surface area contributed by atoms with Gasteiger partial charge in [0.15, 0.2) is 0 Å². The highest BCUT2D eigenvalue weighted by Gasteiger charge is 2.17. The Balaban J connectivity index is 2.19. The van der Waals surface area contributed by atoms with Crippen molar-refractivity contribution in [2.75, 3.05) is 19.6 Å². The number of nitro groups is 1. The Kier molecular flexibility index (Phi) is 2.62. The molecule has 1 aliphatic heterocycles. The van der Waals surface area contributed by atoms with Crippen LogP contribution in [0.25, 0.3) is 0 Å². The molecule has 0 unspecified atom stereocenters. The van der Waals surface area contributed by atoms with Crippen LogP contribution >= 0.6 is 0 Å². The number of hydrogen-bond donors (Lipinski definition) is 1. The molecule has 4 heteroatoms. The van der Waals surface area contributed by atoms with Crippen LogP contribution in [0.2, 0.25) is 0 Å². The molecule has 1 fully saturated rings. The van der Waals surface area contributed by atoms with Crippen molar-refractivity contribution in [2.24, 2.45) is 5.92 Å². The van der Waals surface area contributed by atoms with Gasteiger partial charge in [0.05, 0.1) is 0 Å². The largest absolute Gasteiger partial charge is 0.317 e. The van der Waals surface area contributed by atoms with Crippen LogP contribution in [-0.2, 0) is 0 Å². The molecule has 1 N–H and O–H groups in total. The molecule has 1 aliphatic rings. The van der Waals surface area contributed by atoms with Crippen molar-refractivity contribution in [1.82, 2.24) is 5.32 Å². The third kappa shape index (κ3) is 2.31. The lowest BCUT2D eigenvalue weighted by Gasteiger charge is -2.18. The van der Waals surface area contributed by atoms with Crippen LogP contribution in [0.5, 0.6) is 0 Å². The first kappa shape index (κ1) is 7.47. The van der Waals surface area contributed by atoms with Gasteiger partial charge in [-0.15, -0.1) is 0 Å². The lowest BCUT2D eigenvalue weighted by molar-refractivity contribution is -0.488. The van der Waals surface area contributed by atoms with Gasteiger partial charge >= 0.3 is 0 Å². The number of hydrogen-bond acceptors (Lipinski definition) is 3. The van der Waals surface area contributed by atoms with Crippen LogP contribution in [0, 0.1) is 16.0 Å². The van der Waals surface area contributed by atoms with Crippen LogP contribution < -0.4 is 5.32 Å². The Hall–Kier alpha value is -0.640. The lowest BCUT2D eigenvalue weighted by atomic mass is 9.99. The molecular formula is C6H12N2O2. The van der Waals surface area contributed by atoms with Crippen molar-refractivity contribution in [3.8, 4) is 0 Å². The zero-order valence-electron chi connectivity index (χ0n) is 5.88. The van der Waals surface area contributed by atoms with E-state index in [0.717, 1.165) is 25.9 Å². The van der Waals surface area contributed by atoms with E-state index in [4.69, 9.17) is 0 Å². The van der Waals surface area contributed by atoms with Gasteiger partial charge in [-0.1, -0.05) is 0 Å². The van der Waals surface area contributed by atoms with Crippen LogP contribution in [-0.4, -0.2) is 24.6 Å². The van der Waals surface area contributed by atoms with Crippen molar-refractivity contribution in [3.05, 3.63) is 10.1 Å². The minimum absolute atomic E-state index is 0.154. The maximum Gasteiger partial charge on any atom is 0.206 e. The molecule has 10 heavy (non-hydrogen) atoms. The Morgan fingerprint density at radius 3 is 2.60 bits per heavy atom. The first-order valence-corrected chi connectivity index (χ1v) is 3.61. The summed E-state index contributed by atoms with van der Waals surface area (Å²) in [6.07, 6.45) is 1.92. The van der Waals surface area contributed by atoms with Gasteiger partial charge in [0, 0.05) is 10.8 Å². The molecule has 0 amide bonds. The third-order valence-corrected chi connectivity index (χ3v) is 1.87. The summed E-state index contributed by atoms with van der Waals surface area (Å²) in [5.41, 5.74) is 0. The SMILES string of the molecule is O=[N+]([O-])CC1CCNCC1. The third-order valence-electron chi connectivity index (χ3n) is 1.87. The highest BCUT2D eigenvalue weighted by Crippen LogP contribution is 2.10. The van der Waals surface area contributed by atoms with Crippen molar-refractivity contribution in [1.29, 1.82) is 0 Å². The highest BCUT2D eigenvalue weighted by molar-refractivity contribution is 4.66. The van der Waals surface area contributed by atoms with Gasteiger partial charge in [0.1, 0.15) is 0 Å². The summed E-state index contributed by atoms with van der Waals surface area (Å²) in [7, 11) is 0. The number of rotatable bonds is 2. The summed E-state index contributed by atoms with van der Waals surface area (Å²) in [4.78, 5) is 9.84. The number of piperidine rings is 1. The molecule has 0 aromatic rings. The van der Waals surface area contributed by atoms with Crippen LogP contribution in [0.1, 0.15) is 12.8 Å². The molecule has 0 aromatic carbocycles. The van der Waals surface area contributed by atoms with Gasteiger partial charge < -0.3 is 5.32 Å². The molecule has 0 bridgehead atoms. The Bertz CT molecular complexity index is 121. The topological polar surface area (TPSA) is 55.2 Å². The molecule has 4 nitrogen and oxygen atoms in total. The maximum absolute atomic E-state index is 10.1. The van der Waals surface area contributed by atoms with Gasteiger partial charge in [-0.3, -0.25) is 10.1 Å². The molecule has 0 atom stereocenters. The minimum Gasteiger partial charge on any atom is -0.317 e. The normalized spacial score (nSPS) is 20.8. The van der Waals surface area contributed by atoms with Gasteiger partial charge in [-0.25, -0.2) is 0 Å². The molecule has 1 heterocycles. The lowest BCUT2D eigenvalue weighted by Crippen LogP contribution is -2.31. The quantitative estimate of drug-likeness (QED) is 0.447. The van der Waals surface area contributed by atoms with Crippen LogP contribution in [0.3, 0.4) is 0 Å². The summed E-state index contributed by atoms with van der Waals surface area (Å²) in [6.45, 7) is 2.04. The zero-order valence-corrected chi connectivity index (χ0v) is 5.88. The predicted octanol–water partition coefficient (Wildman–Crippen LogP) is 0.263. The second-order valence-electron chi connectivity index (χ2n) is 2.71. The van der Waals surface area contributed by atoms with Gasteiger partial charge in [-0.05, 0) is 25.9 Å². The summed E-state index contributed by atoms with van der Waals surface area (Å²) in [6, 6.07) is 0. The highest BCUT2D eigenvalue weighted by atomic mass is 16.6. The molecule has 0 saturated carbocycles. The van der Waals surface area contributed by atoms with Gasteiger partial charge in [-0.2, -0.15) is 0 Å². The summed E-state index contributed by atoms with van der Waals surface area (Å²) >= 11 is 0. The first-order chi connectivity index (χ1) is 4.79. The smallest absolute Gasteiger partial charge is 0.206 e. The van der Waals surface area contributed by atoms with E-state index in [2.05, 4.69) is 5.32 Å². The average molecular weight is 144 g/mol. The zero-order chi connectivity index (χ0) is 7.40. The standard InChI is InChI=1S/C6H12N2O2/c9-8(10)5-6-1-3-7-4-2-6/h6-7H,1-5H2. The fraction of sp³-hybridized carbons (Fsp3) is 1.00. The van der Waals surface area contributed by atoms with E-state index >= 15 is 0 Å². The van der Waals surface area contributed by atoms with Crippen molar-refractivity contribution in [3.63, 3.8) is 0 Å². The maximum atomic E-state index is 10.1. The molecular weight excluding hydrogens is 132 g/mol. The summed E-state index contributed by atoms with van der Waals surface area (Å²) in [5.74, 6) is 0.316. The van der Waals surface area contributed by atoms with E-state index in [1.807, 2.05) is 0 Å². The average Bonchev–Trinajstić information content (AvgIpc) is 1.88. The Morgan fingerprint density at radius 1 is 1.50 bits per heavy atom. The van der Waals surface area contributed by atoms with Gasteiger partial charge in [0.25, 0.3) is 0 Å². The molecule has 1 saturated heterocycles. The Labute approximate surface area is 59.8 Å². The second kappa shape index (κ2) is 3.51. The van der Waals surface area contributed by atoms with E-state index in [9.17, 15) is 10.1 Å². The van der Waals surface area contributed by atoms with Gasteiger partial charge in [0.2, 0.25) is 6.54 Å². The van der Waals surface area contributed by atoms with E-state index in [1.54, 1.807) is 0 Å².